The number of benzene rings is 1. The van der Waals surface area contributed by atoms with Gasteiger partial charge in [0.2, 0.25) is 0 Å². The molecule has 1 aromatic rings. The highest BCUT2D eigenvalue weighted by Crippen LogP contribution is 2.19. The molecule has 0 saturated heterocycles. The lowest BCUT2D eigenvalue weighted by Crippen LogP contribution is -2.37. The number of hydrogen-bond acceptors (Lipinski definition) is 3. The summed E-state index contributed by atoms with van der Waals surface area (Å²) in [4.78, 5) is 11.8. The van der Waals surface area contributed by atoms with Gasteiger partial charge in [-0.2, -0.15) is 0 Å². The second kappa shape index (κ2) is 5.72. The second-order valence-electron chi connectivity index (χ2n) is 3.50. The monoisotopic (exact) mass is 242 g/mol. The number of hydrogen-bond donors (Lipinski definition) is 3. The normalized spacial score (nSPS) is 12.2. The minimum Gasteiger partial charge on any atom is -0.399 e. The van der Waals surface area contributed by atoms with E-state index in [0.717, 1.165) is 0 Å². The van der Waals surface area contributed by atoms with Crippen LogP contribution in [0.1, 0.15) is 23.7 Å². The maximum atomic E-state index is 11.8. The summed E-state index contributed by atoms with van der Waals surface area (Å²) in [6.45, 7) is 1.79. The first kappa shape index (κ1) is 12.8. The largest absolute Gasteiger partial charge is 0.399 e. The van der Waals surface area contributed by atoms with Crippen LogP contribution in [0.2, 0.25) is 5.02 Å². The van der Waals surface area contributed by atoms with Crippen molar-refractivity contribution in [3.05, 3.63) is 28.8 Å². The van der Waals surface area contributed by atoms with Gasteiger partial charge >= 0.3 is 0 Å². The molecule has 0 aliphatic rings. The third kappa shape index (κ3) is 3.12. The highest BCUT2D eigenvalue weighted by Gasteiger charge is 2.13. The molecule has 0 bridgehead atoms. The van der Waals surface area contributed by atoms with Gasteiger partial charge in [-0.3, -0.25) is 4.79 Å². The molecule has 1 aromatic carbocycles. The molecule has 1 rings (SSSR count). The smallest absolute Gasteiger partial charge is 0.253 e. The predicted molar refractivity (Wildman–Crippen MR) is 64.5 cm³/mol. The second-order valence-corrected chi connectivity index (χ2v) is 3.91. The summed E-state index contributed by atoms with van der Waals surface area (Å²) < 4.78 is 0. The van der Waals surface area contributed by atoms with Crippen LogP contribution in [0, 0.1) is 0 Å². The molecule has 1 amide bonds. The van der Waals surface area contributed by atoms with E-state index in [9.17, 15) is 4.79 Å². The van der Waals surface area contributed by atoms with Crippen LogP contribution in [0.3, 0.4) is 0 Å². The minimum absolute atomic E-state index is 0.0885. The lowest BCUT2D eigenvalue weighted by molar-refractivity contribution is 0.0915. The number of aliphatic hydroxyl groups excluding tert-OH is 1. The Morgan fingerprint density at radius 2 is 2.31 bits per heavy atom. The molecule has 88 valence electrons. The first-order valence-electron chi connectivity index (χ1n) is 5.05. The maximum absolute atomic E-state index is 11.8. The van der Waals surface area contributed by atoms with E-state index in [1.54, 1.807) is 12.1 Å². The van der Waals surface area contributed by atoms with Crippen molar-refractivity contribution in [2.75, 3.05) is 12.3 Å². The van der Waals surface area contributed by atoms with Crippen molar-refractivity contribution in [3.8, 4) is 0 Å². The Labute approximate surface area is 99.4 Å². The fourth-order valence-corrected chi connectivity index (χ4v) is 1.53. The molecule has 0 saturated carbocycles. The SMILES string of the molecule is CC[C@@H](CO)NC(=O)c1ccc(N)cc1Cl. The number of nitrogens with two attached hydrogens (primary N) is 1. The Balaban J connectivity index is 2.80. The molecule has 0 fully saturated rings. The molecule has 0 unspecified atom stereocenters. The zero-order valence-corrected chi connectivity index (χ0v) is 9.79. The number of anilines is 1. The number of aliphatic hydroxyl groups is 1. The molecule has 0 aliphatic carbocycles. The van der Waals surface area contributed by atoms with Gasteiger partial charge in [-0.15, -0.1) is 0 Å². The van der Waals surface area contributed by atoms with Gasteiger partial charge in [0.25, 0.3) is 5.91 Å². The van der Waals surface area contributed by atoms with E-state index in [1.807, 2.05) is 6.92 Å². The molecule has 4 nitrogen and oxygen atoms in total. The summed E-state index contributed by atoms with van der Waals surface area (Å²) in [6.07, 6.45) is 0.662. The van der Waals surface area contributed by atoms with Crippen molar-refractivity contribution in [2.24, 2.45) is 0 Å². The van der Waals surface area contributed by atoms with E-state index in [2.05, 4.69) is 5.32 Å². The highest BCUT2D eigenvalue weighted by atomic mass is 35.5. The molecule has 0 aliphatic heterocycles. The van der Waals surface area contributed by atoms with Crippen LogP contribution in [0.15, 0.2) is 18.2 Å². The molecular weight excluding hydrogens is 228 g/mol. The summed E-state index contributed by atoms with van der Waals surface area (Å²) in [6, 6.07) is 4.45. The fourth-order valence-electron chi connectivity index (χ4n) is 1.26. The fraction of sp³-hybridized carbons (Fsp3) is 0.364. The first-order valence-corrected chi connectivity index (χ1v) is 5.43. The molecule has 0 heterocycles. The van der Waals surface area contributed by atoms with Gasteiger partial charge in [0, 0.05) is 5.69 Å². The van der Waals surface area contributed by atoms with Crippen molar-refractivity contribution < 1.29 is 9.90 Å². The highest BCUT2D eigenvalue weighted by molar-refractivity contribution is 6.34. The summed E-state index contributed by atoms with van der Waals surface area (Å²) in [7, 11) is 0. The van der Waals surface area contributed by atoms with Crippen LogP contribution in [-0.4, -0.2) is 23.7 Å². The van der Waals surface area contributed by atoms with E-state index >= 15 is 0 Å². The number of carbonyl (C=O) groups is 1. The number of amides is 1. The van der Waals surface area contributed by atoms with E-state index in [4.69, 9.17) is 22.4 Å². The number of halogens is 1. The third-order valence-electron chi connectivity index (χ3n) is 2.29. The zero-order valence-electron chi connectivity index (χ0n) is 9.03. The van der Waals surface area contributed by atoms with Gasteiger partial charge in [0.05, 0.1) is 23.2 Å². The van der Waals surface area contributed by atoms with E-state index in [1.165, 1.54) is 6.07 Å². The van der Waals surface area contributed by atoms with Crippen molar-refractivity contribution in [1.29, 1.82) is 0 Å². The van der Waals surface area contributed by atoms with Crippen molar-refractivity contribution in [3.63, 3.8) is 0 Å². The first-order chi connectivity index (χ1) is 7.58. The molecule has 1 atom stereocenters. The lowest BCUT2D eigenvalue weighted by atomic mass is 10.1. The number of carbonyl (C=O) groups excluding carboxylic acids is 1. The molecule has 0 aromatic heterocycles. The summed E-state index contributed by atoms with van der Waals surface area (Å²) in [5.74, 6) is -0.300. The third-order valence-corrected chi connectivity index (χ3v) is 2.60. The van der Waals surface area contributed by atoms with Crippen LogP contribution >= 0.6 is 11.6 Å². The maximum Gasteiger partial charge on any atom is 0.253 e. The van der Waals surface area contributed by atoms with Gasteiger partial charge in [0.1, 0.15) is 0 Å². The Morgan fingerprint density at radius 3 is 2.81 bits per heavy atom. The Kier molecular flexibility index (Phi) is 4.58. The van der Waals surface area contributed by atoms with Crippen LogP contribution in [0.4, 0.5) is 5.69 Å². The number of nitrogen functional groups attached to an aromatic ring is 1. The Morgan fingerprint density at radius 1 is 1.62 bits per heavy atom. The summed E-state index contributed by atoms with van der Waals surface area (Å²) in [5, 5.41) is 12.0. The van der Waals surface area contributed by atoms with E-state index < -0.39 is 0 Å². The van der Waals surface area contributed by atoms with Crippen LogP contribution in [0.25, 0.3) is 0 Å². The molecule has 4 N–H and O–H groups in total. The van der Waals surface area contributed by atoms with Gasteiger partial charge < -0.3 is 16.2 Å². The Hall–Kier alpha value is -1.26. The summed E-state index contributed by atoms with van der Waals surface area (Å²) >= 11 is 5.89. The topological polar surface area (TPSA) is 75.3 Å². The molecule has 0 spiro atoms. The van der Waals surface area contributed by atoms with Gasteiger partial charge in [0.15, 0.2) is 0 Å². The molecule has 5 heteroatoms. The zero-order chi connectivity index (χ0) is 12.1. The predicted octanol–water partition coefficient (Wildman–Crippen LogP) is 1.42. The molecular formula is C11H15ClN2O2. The van der Waals surface area contributed by atoms with Gasteiger partial charge in [-0.1, -0.05) is 18.5 Å². The van der Waals surface area contributed by atoms with Gasteiger partial charge in [-0.05, 0) is 24.6 Å². The van der Waals surface area contributed by atoms with E-state index in [-0.39, 0.29) is 18.6 Å². The van der Waals surface area contributed by atoms with Crippen LogP contribution < -0.4 is 11.1 Å². The lowest BCUT2D eigenvalue weighted by Gasteiger charge is -2.14. The minimum atomic E-state index is -0.300. The number of nitrogens with one attached hydrogen (secondary N) is 1. The van der Waals surface area contributed by atoms with Crippen LogP contribution in [-0.2, 0) is 0 Å². The molecule has 0 radical (unpaired) electrons. The number of rotatable bonds is 4. The average Bonchev–Trinajstić information content (AvgIpc) is 2.25. The van der Waals surface area contributed by atoms with Crippen molar-refractivity contribution >= 4 is 23.2 Å². The molecule has 16 heavy (non-hydrogen) atoms. The summed E-state index contributed by atoms with van der Waals surface area (Å²) in [5.41, 5.74) is 6.40. The van der Waals surface area contributed by atoms with Crippen molar-refractivity contribution in [2.45, 2.75) is 19.4 Å². The van der Waals surface area contributed by atoms with E-state index in [0.29, 0.717) is 22.7 Å². The van der Waals surface area contributed by atoms with Crippen molar-refractivity contribution in [1.82, 2.24) is 5.32 Å². The van der Waals surface area contributed by atoms with Gasteiger partial charge in [-0.25, -0.2) is 0 Å². The Bertz CT molecular complexity index is 378. The quantitative estimate of drug-likeness (QED) is 0.699. The standard InChI is InChI=1S/C11H15ClN2O2/c1-2-8(6-15)14-11(16)9-4-3-7(13)5-10(9)12/h3-5,8,15H,2,6,13H2,1H3,(H,14,16)/t8-/m0/s1. The van der Waals surface area contributed by atoms with Crippen LogP contribution in [0.5, 0.6) is 0 Å². The average molecular weight is 243 g/mol.